The largest absolute Gasteiger partial charge is 0.494 e. The molecule has 1 aliphatic rings. The van der Waals surface area contributed by atoms with E-state index in [1.54, 1.807) is 0 Å². The van der Waals surface area contributed by atoms with E-state index in [2.05, 4.69) is 5.32 Å². The van der Waals surface area contributed by atoms with Crippen LogP contribution in [0.25, 0.3) is 0 Å². The maximum Gasteiger partial charge on any atom is 0.119 e. The summed E-state index contributed by atoms with van der Waals surface area (Å²) < 4.78 is 5.68. The highest BCUT2D eigenvalue weighted by molar-refractivity contribution is 5.41. The Balaban J connectivity index is 1.54. The summed E-state index contributed by atoms with van der Waals surface area (Å²) in [5, 5.41) is 3.41. The zero-order chi connectivity index (χ0) is 12.6. The SMILES string of the molecule is Nc1ccc(OCCCCC2CCNCC2)cc1. The predicted octanol–water partition coefficient (Wildman–Crippen LogP) is 2.82. The van der Waals surface area contributed by atoms with Crippen LogP contribution in [0.5, 0.6) is 5.75 Å². The molecule has 0 aromatic heterocycles. The van der Waals surface area contributed by atoms with Crippen LogP contribution in [0.1, 0.15) is 32.1 Å². The second-order valence-corrected chi connectivity index (χ2v) is 5.11. The molecule has 0 radical (unpaired) electrons. The topological polar surface area (TPSA) is 47.3 Å². The molecule has 1 saturated heterocycles. The van der Waals surface area contributed by atoms with E-state index in [1.807, 2.05) is 24.3 Å². The number of hydrogen-bond acceptors (Lipinski definition) is 3. The van der Waals surface area contributed by atoms with Gasteiger partial charge in [-0.15, -0.1) is 0 Å². The molecule has 3 heteroatoms. The summed E-state index contributed by atoms with van der Waals surface area (Å²) in [5.74, 6) is 1.86. The molecule has 0 spiro atoms. The van der Waals surface area contributed by atoms with Gasteiger partial charge in [-0.25, -0.2) is 0 Å². The van der Waals surface area contributed by atoms with Crippen LogP contribution < -0.4 is 15.8 Å². The Labute approximate surface area is 110 Å². The maximum atomic E-state index is 5.68. The van der Waals surface area contributed by atoms with Gasteiger partial charge in [0.15, 0.2) is 0 Å². The Morgan fingerprint density at radius 1 is 1.11 bits per heavy atom. The number of unbranched alkanes of at least 4 members (excludes halogenated alkanes) is 1. The van der Waals surface area contributed by atoms with Crippen molar-refractivity contribution >= 4 is 5.69 Å². The normalized spacial score (nSPS) is 16.7. The highest BCUT2D eigenvalue weighted by Crippen LogP contribution is 2.19. The van der Waals surface area contributed by atoms with Gasteiger partial charge < -0.3 is 15.8 Å². The van der Waals surface area contributed by atoms with Gasteiger partial charge in [0, 0.05) is 5.69 Å². The number of anilines is 1. The van der Waals surface area contributed by atoms with Gasteiger partial charge in [0.2, 0.25) is 0 Å². The van der Waals surface area contributed by atoms with E-state index in [1.165, 1.54) is 38.8 Å². The standard InChI is InChI=1S/C15H24N2O/c16-14-4-6-15(7-5-14)18-12-2-1-3-13-8-10-17-11-9-13/h4-7,13,17H,1-3,8-12,16H2. The molecule has 0 bridgehead atoms. The van der Waals surface area contributed by atoms with Crippen LogP contribution >= 0.6 is 0 Å². The molecule has 1 aromatic carbocycles. The predicted molar refractivity (Wildman–Crippen MR) is 75.8 cm³/mol. The fraction of sp³-hybridized carbons (Fsp3) is 0.600. The summed E-state index contributed by atoms with van der Waals surface area (Å²) in [5.41, 5.74) is 6.41. The molecule has 2 rings (SSSR count). The number of nitrogens with one attached hydrogen (secondary N) is 1. The lowest BCUT2D eigenvalue weighted by Gasteiger charge is -2.22. The number of piperidine rings is 1. The third-order valence-electron chi connectivity index (χ3n) is 3.61. The summed E-state index contributed by atoms with van der Waals surface area (Å²) in [6, 6.07) is 7.62. The minimum absolute atomic E-state index is 0.785. The molecule has 3 N–H and O–H groups in total. The minimum Gasteiger partial charge on any atom is -0.494 e. The zero-order valence-electron chi connectivity index (χ0n) is 11.0. The molecule has 0 saturated carbocycles. The van der Waals surface area contributed by atoms with E-state index in [0.29, 0.717) is 0 Å². The smallest absolute Gasteiger partial charge is 0.119 e. The van der Waals surface area contributed by atoms with Crippen molar-refractivity contribution in [3.63, 3.8) is 0 Å². The van der Waals surface area contributed by atoms with Gasteiger partial charge in [-0.05, 0) is 69.0 Å². The number of nitrogen functional groups attached to an aromatic ring is 1. The van der Waals surface area contributed by atoms with Gasteiger partial charge in [-0.3, -0.25) is 0 Å². The monoisotopic (exact) mass is 248 g/mol. The van der Waals surface area contributed by atoms with Crippen molar-refractivity contribution in [1.82, 2.24) is 5.32 Å². The molecule has 0 amide bonds. The fourth-order valence-electron chi connectivity index (χ4n) is 2.46. The maximum absolute atomic E-state index is 5.68. The molecule has 0 atom stereocenters. The number of benzene rings is 1. The van der Waals surface area contributed by atoms with E-state index < -0.39 is 0 Å². The molecule has 18 heavy (non-hydrogen) atoms. The molecule has 0 unspecified atom stereocenters. The van der Waals surface area contributed by atoms with Crippen LogP contribution in [0.15, 0.2) is 24.3 Å². The van der Waals surface area contributed by atoms with E-state index in [-0.39, 0.29) is 0 Å². The van der Waals surface area contributed by atoms with Crippen molar-refractivity contribution < 1.29 is 4.74 Å². The Morgan fingerprint density at radius 3 is 2.56 bits per heavy atom. The van der Waals surface area contributed by atoms with Crippen molar-refractivity contribution in [1.29, 1.82) is 0 Å². The summed E-state index contributed by atoms with van der Waals surface area (Å²) >= 11 is 0. The van der Waals surface area contributed by atoms with E-state index >= 15 is 0 Å². The van der Waals surface area contributed by atoms with Crippen molar-refractivity contribution in [3.8, 4) is 5.75 Å². The lowest BCUT2D eigenvalue weighted by atomic mass is 9.93. The minimum atomic E-state index is 0.785. The Hall–Kier alpha value is -1.22. The van der Waals surface area contributed by atoms with Crippen LogP contribution in [0, 0.1) is 5.92 Å². The van der Waals surface area contributed by atoms with Crippen molar-refractivity contribution in [3.05, 3.63) is 24.3 Å². The fourth-order valence-corrected chi connectivity index (χ4v) is 2.46. The van der Waals surface area contributed by atoms with E-state index in [9.17, 15) is 0 Å². The van der Waals surface area contributed by atoms with Crippen molar-refractivity contribution in [2.45, 2.75) is 32.1 Å². The summed E-state index contributed by atoms with van der Waals surface area (Å²) in [7, 11) is 0. The molecule has 0 aliphatic carbocycles. The summed E-state index contributed by atoms with van der Waals surface area (Å²) in [4.78, 5) is 0. The number of ether oxygens (including phenoxy) is 1. The van der Waals surface area contributed by atoms with Crippen molar-refractivity contribution in [2.75, 3.05) is 25.4 Å². The quantitative estimate of drug-likeness (QED) is 0.601. The first-order valence-corrected chi connectivity index (χ1v) is 7.03. The molecule has 1 fully saturated rings. The lowest BCUT2D eigenvalue weighted by molar-refractivity contribution is 0.287. The van der Waals surface area contributed by atoms with Crippen LogP contribution in [0.3, 0.4) is 0 Å². The first-order chi connectivity index (χ1) is 8.84. The van der Waals surface area contributed by atoms with Crippen LogP contribution in [-0.2, 0) is 0 Å². The average molecular weight is 248 g/mol. The average Bonchev–Trinajstić information content (AvgIpc) is 2.42. The van der Waals surface area contributed by atoms with Crippen LogP contribution in [0.4, 0.5) is 5.69 Å². The molecule has 1 aromatic rings. The number of rotatable bonds is 6. The van der Waals surface area contributed by atoms with Gasteiger partial charge in [0.25, 0.3) is 0 Å². The Kier molecular flexibility index (Phi) is 5.34. The second-order valence-electron chi connectivity index (χ2n) is 5.11. The first-order valence-electron chi connectivity index (χ1n) is 7.03. The van der Waals surface area contributed by atoms with Crippen LogP contribution in [0.2, 0.25) is 0 Å². The summed E-state index contributed by atoms with van der Waals surface area (Å²) in [6.07, 6.45) is 6.47. The van der Waals surface area contributed by atoms with Gasteiger partial charge in [-0.1, -0.05) is 6.42 Å². The Bertz CT molecular complexity index is 331. The summed E-state index contributed by atoms with van der Waals surface area (Å²) in [6.45, 7) is 3.22. The highest BCUT2D eigenvalue weighted by Gasteiger charge is 2.11. The van der Waals surface area contributed by atoms with E-state index in [4.69, 9.17) is 10.5 Å². The van der Waals surface area contributed by atoms with Gasteiger partial charge in [-0.2, -0.15) is 0 Å². The van der Waals surface area contributed by atoms with Gasteiger partial charge >= 0.3 is 0 Å². The third-order valence-corrected chi connectivity index (χ3v) is 3.61. The molecular weight excluding hydrogens is 224 g/mol. The van der Waals surface area contributed by atoms with E-state index in [0.717, 1.165) is 30.4 Å². The number of hydrogen-bond donors (Lipinski definition) is 2. The highest BCUT2D eigenvalue weighted by atomic mass is 16.5. The lowest BCUT2D eigenvalue weighted by Crippen LogP contribution is -2.27. The molecule has 1 aliphatic heterocycles. The number of nitrogens with two attached hydrogens (primary N) is 1. The third kappa shape index (κ3) is 4.57. The molecule has 100 valence electrons. The van der Waals surface area contributed by atoms with Gasteiger partial charge in [0.1, 0.15) is 5.75 Å². The van der Waals surface area contributed by atoms with Crippen LogP contribution in [-0.4, -0.2) is 19.7 Å². The zero-order valence-corrected chi connectivity index (χ0v) is 11.0. The molecular formula is C15H24N2O. The second kappa shape index (κ2) is 7.27. The van der Waals surface area contributed by atoms with Crippen molar-refractivity contribution in [2.24, 2.45) is 5.92 Å². The molecule has 3 nitrogen and oxygen atoms in total. The first kappa shape index (κ1) is 13.2. The Morgan fingerprint density at radius 2 is 1.83 bits per heavy atom. The van der Waals surface area contributed by atoms with Gasteiger partial charge in [0.05, 0.1) is 6.61 Å². The molecule has 1 heterocycles.